The van der Waals surface area contributed by atoms with Gasteiger partial charge in [-0.15, -0.1) is 0 Å². The van der Waals surface area contributed by atoms with Crippen LogP contribution in [0, 0.1) is 0 Å². The minimum Gasteiger partial charge on any atom is -0.456 e. The van der Waals surface area contributed by atoms with Crippen LogP contribution in [0.15, 0.2) is 59.0 Å². The van der Waals surface area contributed by atoms with Crippen molar-refractivity contribution in [1.29, 1.82) is 0 Å². The molecule has 0 spiro atoms. The Balaban J connectivity index is 1.27. The molecule has 6 rings (SSSR count). The molecule has 4 aromatic rings. The Morgan fingerprint density at radius 1 is 1.04 bits per heavy atom. The first-order chi connectivity index (χ1) is 22.0. The van der Waals surface area contributed by atoms with E-state index in [9.17, 15) is 9.32 Å². The molecule has 3 unspecified atom stereocenters. The van der Waals surface area contributed by atoms with Gasteiger partial charge in [-0.1, -0.05) is 48.0 Å². The number of nitrogens with zero attached hydrogens (tertiary/aromatic N) is 5. The lowest BCUT2D eigenvalue weighted by molar-refractivity contribution is 0.00344. The van der Waals surface area contributed by atoms with Crippen molar-refractivity contribution in [2.24, 2.45) is 4.36 Å². The molecule has 46 heavy (non-hydrogen) atoms. The maximum absolute atomic E-state index is 12.6. The average molecular weight is 689 g/mol. The quantitative estimate of drug-likeness (QED) is 0.182. The highest BCUT2D eigenvalue weighted by Crippen LogP contribution is 2.35. The number of rotatable bonds is 11. The second-order valence-corrected chi connectivity index (χ2v) is 17.0. The lowest BCUT2D eigenvalue weighted by Crippen LogP contribution is -2.35. The number of aliphatic hydroxyl groups is 1. The zero-order valence-electron chi connectivity index (χ0n) is 26.5. The minimum absolute atomic E-state index is 0.199. The first kappa shape index (κ1) is 33.2. The van der Waals surface area contributed by atoms with Crippen LogP contribution in [0.2, 0.25) is 5.02 Å². The molecule has 2 aromatic carbocycles. The van der Waals surface area contributed by atoms with E-state index in [1.54, 1.807) is 30.7 Å². The van der Waals surface area contributed by atoms with Crippen LogP contribution in [0.25, 0.3) is 33.5 Å². The number of aliphatic hydroxyl groups excluding tert-OH is 1. The molecule has 2 aliphatic rings. The van der Waals surface area contributed by atoms with Gasteiger partial charge in [-0.2, -0.15) is 9.35 Å². The molecular weight excluding hydrogens is 650 g/mol. The Morgan fingerprint density at radius 2 is 1.70 bits per heavy atom. The molecule has 2 aromatic heterocycles. The summed E-state index contributed by atoms with van der Waals surface area (Å²) >= 11 is 6.78. The average Bonchev–Trinajstić information content (AvgIpc) is 3.69. The zero-order chi connectivity index (χ0) is 32.6. The highest BCUT2D eigenvalue weighted by Gasteiger charge is 2.49. The van der Waals surface area contributed by atoms with E-state index in [1.807, 2.05) is 53.1 Å². The van der Waals surface area contributed by atoms with Gasteiger partial charge in [0.15, 0.2) is 11.8 Å². The predicted molar refractivity (Wildman–Crippen MR) is 183 cm³/mol. The number of halogens is 1. The van der Waals surface area contributed by atoms with Gasteiger partial charge in [0.2, 0.25) is 0 Å². The summed E-state index contributed by atoms with van der Waals surface area (Å²) in [4.78, 5) is 9.68. The summed E-state index contributed by atoms with van der Waals surface area (Å²) in [5, 5.41) is 10.6. The maximum Gasteiger partial charge on any atom is 0.301 e. The van der Waals surface area contributed by atoms with Gasteiger partial charge < -0.3 is 24.1 Å². The maximum atomic E-state index is 12.6. The van der Waals surface area contributed by atoms with Gasteiger partial charge in [-0.05, 0) is 40.2 Å². The van der Waals surface area contributed by atoms with E-state index >= 15 is 0 Å². The van der Waals surface area contributed by atoms with Crippen LogP contribution in [-0.4, -0.2) is 111 Å². The molecule has 0 aliphatic carbocycles. The minimum atomic E-state index is -2.46. The number of hydrogen-bond donors (Lipinski definition) is 1. The Hall–Kier alpha value is -2.75. The molecule has 0 bridgehead atoms. The van der Waals surface area contributed by atoms with Crippen molar-refractivity contribution < 1.29 is 28.3 Å². The molecule has 4 heterocycles. The highest BCUT2D eigenvalue weighted by molar-refractivity contribution is 7.95. The van der Waals surface area contributed by atoms with Crippen molar-refractivity contribution in [3.8, 4) is 28.4 Å². The number of ether oxygens (including phenoxy) is 4. The first-order valence-corrected chi connectivity index (χ1v) is 19.3. The molecule has 5 atom stereocenters. The molecule has 2 saturated heterocycles. The van der Waals surface area contributed by atoms with Gasteiger partial charge in [-0.25, -0.2) is 13.5 Å². The lowest BCUT2D eigenvalue weighted by Gasteiger charge is -2.18. The van der Waals surface area contributed by atoms with Crippen LogP contribution in [0.3, 0.4) is 0 Å². The fourth-order valence-electron chi connectivity index (χ4n) is 5.29. The van der Waals surface area contributed by atoms with Gasteiger partial charge >= 0.3 is 6.01 Å². The van der Waals surface area contributed by atoms with E-state index in [-0.39, 0.29) is 36.9 Å². The summed E-state index contributed by atoms with van der Waals surface area (Å²) in [6, 6.07) is 17.8. The third kappa shape index (κ3) is 7.07. The van der Waals surface area contributed by atoms with Crippen molar-refractivity contribution in [3.05, 3.63) is 59.6 Å². The normalized spacial score (nSPS) is 22.5. The van der Waals surface area contributed by atoms with Crippen LogP contribution >= 0.6 is 11.6 Å². The van der Waals surface area contributed by atoms with E-state index in [4.69, 9.17) is 40.5 Å². The predicted octanol–water partition coefficient (Wildman–Crippen LogP) is 4.38. The number of pyridine rings is 1. The molecule has 14 heteroatoms. The SMILES string of the molecule is CN(C)S(C)(=O)=Nc1ccc(-c2ccc(-c3nc4c(cc3Cl)nc(O[C@@H]3COC5C(O)CO[C@@H]53)n4COCC[S+](C)C)cc2)cc1. The van der Waals surface area contributed by atoms with Crippen LogP contribution in [-0.2, 0) is 41.8 Å². The molecule has 2 fully saturated rings. The van der Waals surface area contributed by atoms with Gasteiger partial charge in [0.25, 0.3) is 0 Å². The second-order valence-electron chi connectivity index (χ2n) is 11.8. The summed E-state index contributed by atoms with van der Waals surface area (Å²) in [5.41, 5.74) is 5.28. The van der Waals surface area contributed by atoms with Crippen LogP contribution in [0.4, 0.5) is 5.69 Å². The van der Waals surface area contributed by atoms with E-state index in [0.29, 0.717) is 40.2 Å². The summed E-state index contributed by atoms with van der Waals surface area (Å²) in [6.45, 7) is 1.28. The van der Waals surface area contributed by atoms with Gasteiger partial charge in [-0.3, -0.25) is 4.57 Å². The molecule has 2 aliphatic heterocycles. The Morgan fingerprint density at radius 3 is 2.37 bits per heavy atom. The van der Waals surface area contributed by atoms with Crippen molar-refractivity contribution >= 4 is 49.3 Å². The monoisotopic (exact) mass is 688 g/mol. The molecule has 1 N–H and O–H groups in total. The smallest absolute Gasteiger partial charge is 0.301 e. The summed E-state index contributed by atoms with van der Waals surface area (Å²) in [6.07, 6.45) is 4.07. The Kier molecular flexibility index (Phi) is 9.93. The van der Waals surface area contributed by atoms with Crippen LogP contribution < -0.4 is 4.74 Å². The number of fused-ring (bicyclic) bond motifs is 2. The van der Waals surface area contributed by atoms with Gasteiger partial charge in [0.05, 0.1) is 48.7 Å². The Bertz CT molecular complexity index is 1810. The summed E-state index contributed by atoms with van der Waals surface area (Å²) in [7, 11) is 1.29. The Labute approximate surface area is 277 Å². The van der Waals surface area contributed by atoms with Crippen molar-refractivity contribution in [1.82, 2.24) is 18.8 Å². The number of hydrogen-bond acceptors (Lipinski definition) is 9. The van der Waals surface area contributed by atoms with Gasteiger partial charge in [0.1, 0.15) is 46.2 Å². The van der Waals surface area contributed by atoms with E-state index in [1.165, 1.54) is 0 Å². The lowest BCUT2D eigenvalue weighted by atomic mass is 10.0. The molecule has 0 saturated carbocycles. The van der Waals surface area contributed by atoms with Crippen molar-refractivity contribution in [3.63, 3.8) is 0 Å². The third-order valence-electron chi connectivity index (χ3n) is 8.05. The number of imidazole rings is 1. The van der Waals surface area contributed by atoms with Crippen LogP contribution in [0.5, 0.6) is 6.01 Å². The largest absolute Gasteiger partial charge is 0.456 e. The van der Waals surface area contributed by atoms with E-state index < -0.39 is 28.2 Å². The molecule has 0 amide bonds. The fraction of sp³-hybridized carbons (Fsp3) is 0.438. The highest BCUT2D eigenvalue weighted by atomic mass is 35.5. The topological polar surface area (TPSA) is 121 Å². The standard InChI is InChI=1S/C32H39ClN5O6S2/c1-37(2)46(5,40)36-23-12-10-21(11-13-23)20-6-8-22(9-7-20)28-24(33)16-25-31(35-28)38(19-41-14-15-45(3)4)32(34-25)44-27-18-43-29-26(39)17-42-30(27)29/h6-13,16,26-27,29-30,39H,14-15,17-19H2,1-5H3/q+1/t26?,27-,29?,30-,46?/m1/s1. The van der Waals surface area contributed by atoms with Crippen molar-refractivity contribution in [2.75, 3.05) is 58.4 Å². The first-order valence-electron chi connectivity index (χ1n) is 14.9. The zero-order valence-corrected chi connectivity index (χ0v) is 28.8. The molecule has 11 nitrogen and oxygen atoms in total. The second kappa shape index (κ2) is 13.8. The number of benzene rings is 2. The van der Waals surface area contributed by atoms with Crippen molar-refractivity contribution in [2.45, 2.75) is 31.1 Å². The van der Waals surface area contributed by atoms with Crippen LogP contribution in [0.1, 0.15) is 0 Å². The van der Waals surface area contributed by atoms with E-state index in [2.05, 4.69) is 16.9 Å². The molecule has 0 radical (unpaired) electrons. The summed E-state index contributed by atoms with van der Waals surface area (Å²) < 4.78 is 44.3. The fourth-order valence-corrected chi connectivity index (χ4v) is 6.67. The van der Waals surface area contributed by atoms with E-state index in [0.717, 1.165) is 22.4 Å². The summed E-state index contributed by atoms with van der Waals surface area (Å²) in [5.74, 6) is 0.943. The molecule has 246 valence electrons. The molecular formula is C32H39ClN5O6S2+. The number of aromatic nitrogens is 3. The van der Waals surface area contributed by atoms with Gasteiger partial charge in [0, 0.05) is 25.9 Å². The third-order valence-corrected chi connectivity index (χ3v) is 11.2.